The number of anilines is 1. The summed E-state index contributed by atoms with van der Waals surface area (Å²) < 4.78 is 41.4. The molecule has 0 radical (unpaired) electrons. The third-order valence-corrected chi connectivity index (χ3v) is 7.73. The highest BCUT2D eigenvalue weighted by Gasteiger charge is 2.26. The van der Waals surface area contributed by atoms with Crippen LogP contribution in [0, 0.1) is 5.82 Å². The van der Waals surface area contributed by atoms with Crippen molar-refractivity contribution in [2.45, 2.75) is 25.7 Å². The second kappa shape index (κ2) is 9.79. The topological polar surface area (TPSA) is 78.0 Å². The lowest BCUT2D eigenvalue weighted by molar-refractivity contribution is 0.0746. The van der Waals surface area contributed by atoms with Crippen LogP contribution in [0.3, 0.4) is 0 Å². The van der Waals surface area contributed by atoms with Gasteiger partial charge in [0.25, 0.3) is 5.91 Å². The number of hydrogen-bond donors (Lipinski definition) is 0. The molecule has 2 aromatic rings. The van der Waals surface area contributed by atoms with E-state index in [9.17, 15) is 22.4 Å². The zero-order chi connectivity index (χ0) is 23.5. The molecule has 0 N–H and O–H groups in total. The maximum absolute atomic E-state index is 14.5. The minimum atomic E-state index is -3.66. The Hall–Kier alpha value is -2.78. The molecule has 9 heteroatoms. The molecular weight excluding hydrogens is 433 g/mol. The molecule has 1 saturated heterocycles. The van der Waals surface area contributed by atoms with E-state index in [0.717, 1.165) is 0 Å². The summed E-state index contributed by atoms with van der Waals surface area (Å²) in [5.41, 5.74) is 1.03. The van der Waals surface area contributed by atoms with Gasteiger partial charge in [-0.1, -0.05) is 19.9 Å². The first-order chi connectivity index (χ1) is 15.2. The van der Waals surface area contributed by atoms with Gasteiger partial charge in [0.15, 0.2) is 5.78 Å². The van der Waals surface area contributed by atoms with Gasteiger partial charge in [-0.2, -0.15) is 4.31 Å². The molecule has 0 aromatic heterocycles. The molecule has 1 heterocycles. The van der Waals surface area contributed by atoms with Crippen LogP contribution >= 0.6 is 0 Å². The molecule has 2 aromatic carbocycles. The number of benzene rings is 2. The molecule has 1 amide bonds. The minimum Gasteiger partial charge on any atom is -0.366 e. The highest BCUT2D eigenvalue weighted by atomic mass is 32.2. The minimum absolute atomic E-state index is 0.0957. The van der Waals surface area contributed by atoms with E-state index < -0.39 is 15.8 Å². The summed E-state index contributed by atoms with van der Waals surface area (Å²) in [6, 6.07) is 10.5. The van der Waals surface area contributed by atoms with E-state index >= 15 is 0 Å². The van der Waals surface area contributed by atoms with Gasteiger partial charge in [0.1, 0.15) is 5.82 Å². The fraction of sp³-hybridized carbons (Fsp3) is 0.391. The Morgan fingerprint density at radius 2 is 1.62 bits per heavy atom. The molecule has 0 bridgehead atoms. The third kappa shape index (κ3) is 4.83. The molecule has 0 spiro atoms. The summed E-state index contributed by atoms with van der Waals surface area (Å²) >= 11 is 0. The van der Waals surface area contributed by atoms with Crippen molar-refractivity contribution in [1.82, 2.24) is 9.21 Å². The molecule has 1 aliphatic heterocycles. The second-order valence-electron chi connectivity index (χ2n) is 7.62. The quantitative estimate of drug-likeness (QED) is 0.593. The van der Waals surface area contributed by atoms with Crippen molar-refractivity contribution in [3.05, 3.63) is 59.4 Å². The Balaban J connectivity index is 1.72. The largest absolute Gasteiger partial charge is 0.366 e. The summed E-state index contributed by atoms with van der Waals surface area (Å²) in [6.07, 6.45) is 0. The van der Waals surface area contributed by atoms with Crippen molar-refractivity contribution in [3.8, 4) is 0 Å². The van der Waals surface area contributed by atoms with Gasteiger partial charge in [-0.15, -0.1) is 0 Å². The van der Waals surface area contributed by atoms with Gasteiger partial charge in [0, 0.05) is 50.4 Å². The van der Waals surface area contributed by atoms with Gasteiger partial charge < -0.3 is 9.80 Å². The molecule has 7 nitrogen and oxygen atoms in total. The van der Waals surface area contributed by atoms with Gasteiger partial charge in [-0.3, -0.25) is 9.59 Å². The molecule has 1 fully saturated rings. The number of sulfonamides is 1. The highest BCUT2D eigenvalue weighted by Crippen LogP contribution is 2.23. The zero-order valence-electron chi connectivity index (χ0n) is 18.5. The lowest BCUT2D eigenvalue weighted by atomic mass is 10.1. The highest BCUT2D eigenvalue weighted by molar-refractivity contribution is 7.89. The van der Waals surface area contributed by atoms with Crippen molar-refractivity contribution in [2.75, 3.05) is 44.2 Å². The molecule has 172 valence electrons. The first kappa shape index (κ1) is 23.9. The van der Waals surface area contributed by atoms with Gasteiger partial charge >= 0.3 is 0 Å². The summed E-state index contributed by atoms with van der Waals surface area (Å²) in [4.78, 5) is 28.0. The van der Waals surface area contributed by atoms with Crippen LogP contribution in [-0.4, -0.2) is 68.6 Å². The maximum Gasteiger partial charge on any atom is 0.254 e. The van der Waals surface area contributed by atoms with Crippen molar-refractivity contribution in [1.29, 1.82) is 0 Å². The van der Waals surface area contributed by atoms with Crippen LogP contribution in [0.1, 0.15) is 41.5 Å². The first-order valence-corrected chi connectivity index (χ1v) is 12.1. The maximum atomic E-state index is 14.5. The van der Waals surface area contributed by atoms with E-state index in [4.69, 9.17) is 0 Å². The molecule has 1 aliphatic rings. The van der Waals surface area contributed by atoms with E-state index in [-0.39, 0.29) is 16.6 Å². The van der Waals surface area contributed by atoms with Crippen LogP contribution in [0.15, 0.2) is 47.4 Å². The fourth-order valence-electron chi connectivity index (χ4n) is 3.82. The van der Waals surface area contributed by atoms with Crippen molar-refractivity contribution in [3.63, 3.8) is 0 Å². The van der Waals surface area contributed by atoms with Crippen LogP contribution in [0.5, 0.6) is 0 Å². The molecule has 0 aliphatic carbocycles. The molecular formula is C23H28FN3O4S. The Kier molecular flexibility index (Phi) is 7.30. The lowest BCUT2D eigenvalue weighted by Gasteiger charge is -2.36. The molecule has 3 rings (SSSR count). The summed E-state index contributed by atoms with van der Waals surface area (Å²) in [6.45, 7) is 7.24. The number of halogens is 1. The Morgan fingerprint density at radius 3 is 2.19 bits per heavy atom. The van der Waals surface area contributed by atoms with Crippen LogP contribution in [-0.2, 0) is 10.0 Å². The zero-order valence-corrected chi connectivity index (χ0v) is 19.4. The fourth-order valence-corrected chi connectivity index (χ4v) is 5.32. The number of hydrogen-bond acceptors (Lipinski definition) is 5. The van der Waals surface area contributed by atoms with Gasteiger partial charge in [-0.25, -0.2) is 12.8 Å². The van der Waals surface area contributed by atoms with Gasteiger partial charge in [0.05, 0.1) is 10.6 Å². The van der Waals surface area contributed by atoms with Crippen LogP contribution < -0.4 is 4.90 Å². The molecule has 0 unspecified atom stereocenters. The van der Waals surface area contributed by atoms with E-state index in [1.165, 1.54) is 29.4 Å². The van der Waals surface area contributed by atoms with Crippen LogP contribution in [0.25, 0.3) is 0 Å². The van der Waals surface area contributed by atoms with E-state index in [1.54, 1.807) is 43.0 Å². The predicted molar refractivity (Wildman–Crippen MR) is 121 cm³/mol. The van der Waals surface area contributed by atoms with Crippen LogP contribution in [0.2, 0.25) is 0 Å². The van der Waals surface area contributed by atoms with Crippen molar-refractivity contribution in [2.24, 2.45) is 0 Å². The monoisotopic (exact) mass is 461 g/mol. The number of piperazine rings is 1. The second-order valence-corrected chi connectivity index (χ2v) is 9.56. The van der Waals surface area contributed by atoms with E-state index in [2.05, 4.69) is 0 Å². The lowest BCUT2D eigenvalue weighted by Crippen LogP contribution is -2.49. The number of Topliss-reactive ketones (excluding diaryl/α,β-unsaturated/α-hetero) is 1. The first-order valence-electron chi connectivity index (χ1n) is 10.6. The number of amides is 1. The number of ketones is 1. The number of carbonyl (C=O) groups is 2. The molecule has 0 saturated carbocycles. The smallest absolute Gasteiger partial charge is 0.254 e. The SMILES string of the molecule is CCN(CC)S(=O)(=O)c1cccc(C(=O)N2CCN(c3ccc(C(C)=O)cc3F)CC2)c1. The molecule has 0 atom stereocenters. The Morgan fingerprint density at radius 1 is 0.969 bits per heavy atom. The molecule has 32 heavy (non-hydrogen) atoms. The number of nitrogens with zero attached hydrogens (tertiary/aromatic N) is 3. The van der Waals surface area contributed by atoms with Gasteiger partial charge in [-0.05, 0) is 43.3 Å². The summed E-state index contributed by atoms with van der Waals surface area (Å²) in [5, 5.41) is 0. The average molecular weight is 462 g/mol. The number of carbonyl (C=O) groups excluding carboxylic acids is 2. The Labute approximate surface area is 188 Å². The average Bonchev–Trinajstić information content (AvgIpc) is 2.79. The predicted octanol–water partition coefficient (Wildman–Crippen LogP) is 3.02. The van der Waals surface area contributed by atoms with Crippen molar-refractivity contribution >= 4 is 27.4 Å². The standard InChI is InChI=1S/C23H28FN3O4S/c1-4-27(5-2)32(30,31)20-8-6-7-19(15-20)23(29)26-13-11-25(12-14-26)22-10-9-18(17(3)28)16-21(22)24/h6-10,15-16H,4-5,11-14H2,1-3H3. The van der Waals surface area contributed by atoms with E-state index in [1.807, 2.05) is 4.90 Å². The third-order valence-electron chi connectivity index (χ3n) is 5.69. The number of rotatable bonds is 7. The summed E-state index contributed by atoms with van der Waals surface area (Å²) in [5.74, 6) is -0.920. The van der Waals surface area contributed by atoms with Crippen molar-refractivity contribution < 1.29 is 22.4 Å². The van der Waals surface area contributed by atoms with Gasteiger partial charge in [0.2, 0.25) is 10.0 Å². The van der Waals surface area contributed by atoms with Crippen LogP contribution in [0.4, 0.5) is 10.1 Å². The van der Waals surface area contributed by atoms with E-state index in [0.29, 0.717) is 56.1 Å². The normalized spacial score (nSPS) is 14.7. The summed E-state index contributed by atoms with van der Waals surface area (Å²) in [7, 11) is -3.66. The Bertz CT molecular complexity index is 1110.